The third-order valence-electron chi connectivity index (χ3n) is 3.10. The van der Waals surface area contributed by atoms with Gasteiger partial charge in [0.05, 0.1) is 10.9 Å². The van der Waals surface area contributed by atoms with Crippen LogP contribution in [-0.2, 0) is 21.4 Å². The molecule has 0 unspecified atom stereocenters. The van der Waals surface area contributed by atoms with Crippen LogP contribution < -0.4 is 15.8 Å². The molecule has 0 aromatic heterocycles. The summed E-state index contributed by atoms with van der Waals surface area (Å²) in [6.45, 7) is 6.41. The van der Waals surface area contributed by atoms with Crippen LogP contribution in [0, 0.1) is 5.92 Å². The molecule has 0 saturated carbocycles. The maximum Gasteiger partial charge on any atom is 0.240 e. The highest BCUT2D eigenvalue weighted by Crippen LogP contribution is 2.10. The number of hydrogen-bond acceptors (Lipinski definition) is 4. The number of benzene rings is 1. The van der Waals surface area contributed by atoms with Crippen molar-refractivity contribution in [3.63, 3.8) is 0 Å². The van der Waals surface area contributed by atoms with Gasteiger partial charge in [-0.25, -0.2) is 13.1 Å². The van der Waals surface area contributed by atoms with Gasteiger partial charge in [-0.05, 0) is 30.0 Å². The van der Waals surface area contributed by atoms with Crippen molar-refractivity contribution in [1.29, 1.82) is 0 Å². The van der Waals surface area contributed by atoms with Gasteiger partial charge in [0.15, 0.2) is 0 Å². The van der Waals surface area contributed by atoms with E-state index in [9.17, 15) is 13.2 Å². The third kappa shape index (κ3) is 7.30. The Morgan fingerprint density at radius 1 is 1.22 bits per heavy atom. The van der Waals surface area contributed by atoms with Crippen LogP contribution in [0.5, 0.6) is 0 Å². The van der Waals surface area contributed by atoms with Gasteiger partial charge >= 0.3 is 0 Å². The number of hydrogen-bond donors (Lipinski definition) is 3. The second-order valence-electron chi connectivity index (χ2n) is 5.60. The first-order valence-electron chi connectivity index (χ1n) is 7.38. The van der Waals surface area contributed by atoms with E-state index in [0.717, 1.165) is 5.56 Å². The summed E-state index contributed by atoms with van der Waals surface area (Å²) in [6, 6.07) is 5.88. The average molecular weight is 364 g/mol. The molecular formula is C15H26ClN3O3S. The normalized spacial score (nSPS) is 12.6. The van der Waals surface area contributed by atoms with Crippen LogP contribution in [0.4, 0.5) is 0 Å². The fourth-order valence-corrected chi connectivity index (χ4v) is 3.04. The summed E-state index contributed by atoms with van der Waals surface area (Å²) in [5.41, 5.74) is 6.62. The average Bonchev–Trinajstić information content (AvgIpc) is 2.44. The van der Waals surface area contributed by atoms with Gasteiger partial charge in [0.1, 0.15) is 0 Å². The van der Waals surface area contributed by atoms with Crippen LogP contribution in [0.1, 0.15) is 32.8 Å². The Kier molecular flexibility index (Phi) is 9.38. The predicted molar refractivity (Wildman–Crippen MR) is 93.8 cm³/mol. The van der Waals surface area contributed by atoms with Gasteiger partial charge in [-0.3, -0.25) is 4.79 Å². The van der Waals surface area contributed by atoms with Gasteiger partial charge in [0.25, 0.3) is 0 Å². The minimum Gasteiger partial charge on any atom is -0.351 e. The molecule has 23 heavy (non-hydrogen) atoms. The SMILES string of the molecule is CCNS(=O)(=O)c1ccc(CNC(=O)[C@@H](N)CC(C)C)cc1.Cl. The quantitative estimate of drug-likeness (QED) is 0.649. The van der Waals surface area contributed by atoms with Crippen molar-refractivity contribution in [3.05, 3.63) is 29.8 Å². The Labute approximate surface area is 144 Å². The van der Waals surface area contributed by atoms with Crippen molar-refractivity contribution in [2.45, 2.75) is 44.7 Å². The van der Waals surface area contributed by atoms with Crippen molar-refractivity contribution in [2.24, 2.45) is 11.7 Å². The molecule has 0 aliphatic heterocycles. The van der Waals surface area contributed by atoms with E-state index < -0.39 is 16.1 Å². The van der Waals surface area contributed by atoms with E-state index >= 15 is 0 Å². The summed E-state index contributed by atoms with van der Waals surface area (Å²) in [5.74, 6) is 0.161. The largest absolute Gasteiger partial charge is 0.351 e. The summed E-state index contributed by atoms with van der Waals surface area (Å²) in [7, 11) is -3.44. The Hall–Kier alpha value is -1.15. The standard InChI is InChI=1S/C15H25N3O3S.ClH/c1-4-18-22(20,21)13-7-5-12(6-8-13)10-17-15(19)14(16)9-11(2)3;/h5-8,11,14,18H,4,9-10,16H2,1-3H3,(H,17,19);1H/t14-;/m0./s1. The summed E-state index contributed by atoms with van der Waals surface area (Å²) >= 11 is 0. The maximum absolute atomic E-state index is 11.8. The molecule has 1 atom stereocenters. The molecule has 132 valence electrons. The molecule has 0 saturated heterocycles. The fourth-order valence-electron chi connectivity index (χ4n) is 1.99. The first-order valence-corrected chi connectivity index (χ1v) is 8.86. The zero-order valence-electron chi connectivity index (χ0n) is 13.7. The molecule has 1 aromatic carbocycles. The van der Waals surface area contributed by atoms with E-state index in [-0.39, 0.29) is 23.2 Å². The predicted octanol–water partition coefficient (Wildman–Crippen LogP) is 1.40. The van der Waals surface area contributed by atoms with Crippen LogP contribution in [0.15, 0.2) is 29.2 Å². The molecule has 6 nitrogen and oxygen atoms in total. The minimum atomic E-state index is -3.44. The highest BCUT2D eigenvalue weighted by atomic mass is 35.5. The molecule has 8 heteroatoms. The molecule has 0 heterocycles. The monoisotopic (exact) mass is 363 g/mol. The second kappa shape index (κ2) is 9.87. The first kappa shape index (κ1) is 21.9. The maximum atomic E-state index is 11.8. The van der Waals surface area contributed by atoms with E-state index in [4.69, 9.17) is 5.73 Å². The number of rotatable bonds is 8. The van der Waals surface area contributed by atoms with Crippen LogP contribution in [0.25, 0.3) is 0 Å². The molecule has 0 fully saturated rings. The molecule has 1 amide bonds. The molecule has 0 bridgehead atoms. The van der Waals surface area contributed by atoms with Gasteiger partial charge in [-0.2, -0.15) is 0 Å². The number of halogens is 1. The number of nitrogens with two attached hydrogens (primary N) is 1. The van der Waals surface area contributed by atoms with E-state index in [1.807, 2.05) is 13.8 Å². The van der Waals surface area contributed by atoms with Crippen molar-refractivity contribution in [1.82, 2.24) is 10.0 Å². The molecule has 0 radical (unpaired) electrons. The van der Waals surface area contributed by atoms with Crippen LogP contribution >= 0.6 is 12.4 Å². The Bertz CT molecular complexity index is 588. The first-order chi connectivity index (χ1) is 10.3. The molecule has 0 aliphatic rings. The zero-order valence-corrected chi connectivity index (χ0v) is 15.3. The minimum absolute atomic E-state index is 0. The van der Waals surface area contributed by atoms with E-state index in [1.165, 1.54) is 12.1 Å². The van der Waals surface area contributed by atoms with Crippen LogP contribution in [0.2, 0.25) is 0 Å². The van der Waals surface area contributed by atoms with Gasteiger partial charge in [0, 0.05) is 13.1 Å². The summed E-state index contributed by atoms with van der Waals surface area (Å²) in [4.78, 5) is 12.0. The molecule has 1 aromatic rings. The van der Waals surface area contributed by atoms with Gasteiger partial charge in [-0.15, -0.1) is 12.4 Å². The number of carbonyl (C=O) groups is 1. The highest BCUT2D eigenvalue weighted by molar-refractivity contribution is 7.89. The Morgan fingerprint density at radius 3 is 2.26 bits per heavy atom. The fraction of sp³-hybridized carbons (Fsp3) is 0.533. The van der Waals surface area contributed by atoms with Crippen molar-refractivity contribution in [3.8, 4) is 0 Å². The third-order valence-corrected chi connectivity index (χ3v) is 4.66. The summed E-state index contributed by atoms with van der Waals surface area (Å²) in [6.07, 6.45) is 0.631. The summed E-state index contributed by atoms with van der Waals surface area (Å²) < 4.78 is 26.0. The highest BCUT2D eigenvalue weighted by Gasteiger charge is 2.15. The van der Waals surface area contributed by atoms with E-state index in [0.29, 0.717) is 25.4 Å². The summed E-state index contributed by atoms with van der Waals surface area (Å²) in [5, 5.41) is 2.76. The van der Waals surface area contributed by atoms with Crippen molar-refractivity contribution < 1.29 is 13.2 Å². The van der Waals surface area contributed by atoms with Gasteiger partial charge < -0.3 is 11.1 Å². The molecule has 0 aliphatic carbocycles. The lowest BCUT2D eigenvalue weighted by Crippen LogP contribution is -2.41. The lowest BCUT2D eigenvalue weighted by Gasteiger charge is -2.14. The zero-order chi connectivity index (χ0) is 16.8. The number of amides is 1. The molecule has 1 rings (SSSR count). The van der Waals surface area contributed by atoms with Crippen molar-refractivity contribution >= 4 is 28.3 Å². The second-order valence-corrected chi connectivity index (χ2v) is 7.37. The molecule has 0 spiro atoms. The molecular weight excluding hydrogens is 338 g/mol. The van der Waals surface area contributed by atoms with Crippen LogP contribution in [0.3, 0.4) is 0 Å². The smallest absolute Gasteiger partial charge is 0.240 e. The number of nitrogens with one attached hydrogen (secondary N) is 2. The topological polar surface area (TPSA) is 101 Å². The van der Waals surface area contributed by atoms with E-state index in [1.54, 1.807) is 19.1 Å². The van der Waals surface area contributed by atoms with Crippen molar-refractivity contribution in [2.75, 3.05) is 6.54 Å². The number of carbonyl (C=O) groups excluding carboxylic acids is 1. The van der Waals surface area contributed by atoms with Gasteiger partial charge in [0.2, 0.25) is 15.9 Å². The molecule has 4 N–H and O–H groups in total. The Balaban J connectivity index is 0.00000484. The lowest BCUT2D eigenvalue weighted by atomic mass is 10.0. The number of sulfonamides is 1. The van der Waals surface area contributed by atoms with Crippen LogP contribution in [-0.4, -0.2) is 26.9 Å². The lowest BCUT2D eigenvalue weighted by molar-refractivity contribution is -0.122. The van der Waals surface area contributed by atoms with E-state index in [2.05, 4.69) is 10.0 Å². The van der Waals surface area contributed by atoms with Gasteiger partial charge in [-0.1, -0.05) is 32.9 Å². The Morgan fingerprint density at radius 2 is 1.78 bits per heavy atom.